The van der Waals surface area contributed by atoms with E-state index in [0.717, 1.165) is 31.4 Å². The van der Waals surface area contributed by atoms with E-state index in [1.807, 2.05) is 11.5 Å². The molecular weight excluding hydrogens is 256 g/mol. The molecule has 20 heavy (non-hydrogen) atoms. The molecule has 0 unspecified atom stereocenters. The maximum absolute atomic E-state index is 11.8. The van der Waals surface area contributed by atoms with Crippen LogP contribution in [0.5, 0.6) is 0 Å². The van der Waals surface area contributed by atoms with Gasteiger partial charge >= 0.3 is 0 Å². The first-order valence-electron chi connectivity index (χ1n) is 7.11. The summed E-state index contributed by atoms with van der Waals surface area (Å²) in [5.41, 5.74) is -0.0863. The van der Waals surface area contributed by atoms with Gasteiger partial charge in [0, 0.05) is 11.8 Å². The molecule has 2 aromatic rings. The van der Waals surface area contributed by atoms with Crippen molar-refractivity contribution in [2.24, 2.45) is 5.92 Å². The van der Waals surface area contributed by atoms with Crippen LogP contribution in [0.1, 0.15) is 38.3 Å². The average Bonchev–Trinajstić information content (AvgIpc) is 2.88. The Labute approximate surface area is 117 Å². The lowest BCUT2D eigenvalue weighted by Crippen LogP contribution is -2.39. The summed E-state index contributed by atoms with van der Waals surface area (Å²) in [6, 6.07) is 1.54. The Kier molecular flexibility index (Phi) is 3.12. The molecule has 108 valence electrons. The molecule has 1 fully saturated rings. The predicted molar refractivity (Wildman–Crippen MR) is 74.6 cm³/mol. The van der Waals surface area contributed by atoms with Crippen LogP contribution < -0.4 is 5.56 Å². The standard InChI is InChI=1S/C14H20N4O2/c1-10-3-5-14(20,6-4-10)8-17-11(2)7-12(19)18-13(17)15-9-16-18/h7,9-10,20H,3-6,8H2,1-2H3. The molecule has 1 aliphatic rings. The van der Waals surface area contributed by atoms with Crippen molar-refractivity contribution in [1.82, 2.24) is 19.2 Å². The van der Waals surface area contributed by atoms with Gasteiger partial charge in [0.1, 0.15) is 6.33 Å². The van der Waals surface area contributed by atoms with Gasteiger partial charge in [0.15, 0.2) is 0 Å². The number of aryl methyl sites for hydroxylation is 1. The second kappa shape index (κ2) is 4.70. The van der Waals surface area contributed by atoms with Crippen LogP contribution in [-0.4, -0.2) is 29.9 Å². The van der Waals surface area contributed by atoms with Gasteiger partial charge in [0.05, 0.1) is 12.1 Å². The Morgan fingerprint density at radius 3 is 2.85 bits per heavy atom. The molecule has 0 atom stereocenters. The highest BCUT2D eigenvalue weighted by Crippen LogP contribution is 2.33. The number of hydrogen-bond acceptors (Lipinski definition) is 4. The van der Waals surface area contributed by atoms with Gasteiger partial charge in [-0.3, -0.25) is 4.79 Å². The summed E-state index contributed by atoms with van der Waals surface area (Å²) >= 11 is 0. The van der Waals surface area contributed by atoms with Crippen molar-refractivity contribution in [3.8, 4) is 0 Å². The van der Waals surface area contributed by atoms with Crippen molar-refractivity contribution < 1.29 is 5.11 Å². The van der Waals surface area contributed by atoms with Gasteiger partial charge in [-0.05, 0) is 38.5 Å². The summed E-state index contributed by atoms with van der Waals surface area (Å²) < 4.78 is 3.17. The number of hydrogen-bond donors (Lipinski definition) is 1. The third-order valence-corrected chi connectivity index (χ3v) is 4.40. The number of rotatable bonds is 2. The van der Waals surface area contributed by atoms with Crippen LogP contribution in [0.2, 0.25) is 0 Å². The highest BCUT2D eigenvalue weighted by atomic mass is 16.3. The van der Waals surface area contributed by atoms with Gasteiger partial charge in [-0.25, -0.2) is 0 Å². The first-order chi connectivity index (χ1) is 9.48. The third kappa shape index (κ3) is 2.24. The zero-order valence-corrected chi connectivity index (χ0v) is 11.9. The lowest BCUT2D eigenvalue weighted by Gasteiger charge is -2.35. The molecule has 0 amide bonds. The molecule has 6 nitrogen and oxygen atoms in total. The highest BCUT2D eigenvalue weighted by Gasteiger charge is 2.33. The second-order valence-electron chi connectivity index (χ2n) is 6.09. The average molecular weight is 276 g/mol. The first-order valence-corrected chi connectivity index (χ1v) is 7.11. The summed E-state index contributed by atoms with van der Waals surface area (Å²) in [6.07, 6.45) is 5.04. The minimum absolute atomic E-state index is 0.185. The predicted octanol–water partition coefficient (Wildman–Crippen LogP) is 1.14. The van der Waals surface area contributed by atoms with Crippen molar-refractivity contribution in [3.63, 3.8) is 0 Å². The van der Waals surface area contributed by atoms with Gasteiger partial charge in [-0.2, -0.15) is 14.6 Å². The largest absolute Gasteiger partial charge is 0.388 e. The van der Waals surface area contributed by atoms with Crippen molar-refractivity contribution >= 4 is 5.78 Å². The van der Waals surface area contributed by atoms with Crippen LogP contribution in [0.4, 0.5) is 0 Å². The molecule has 0 bridgehead atoms. The molecule has 1 saturated carbocycles. The van der Waals surface area contributed by atoms with Crippen molar-refractivity contribution in [2.45, 2.75) is 51.7 Å². The number of nitrogens with zero attached hydrogens (tertiary/aromatic N) is 4. The third-order valence-electron chi connectivity index (χ3n) is 4.40. The van der Waals surface area contributed by atoms with E-state index in [9.17, 15) is 9.90 Å². The van der Waals surface area contributed by atoms with Crippen LogP contribution in [0.3, 0.4) is 0 Å². The normalized spacial score (nSPS) is 27.1. The summed E-state index contributed by atoms with van der Waals surface area (Å²) in [6.45, 7) is 4.56. The maximum atomic E-state index is 11.8. The number of aromatic nitrogens is 4. The minimum Gasteiger partial charge on any atom is -0.388 e. The second-order valence-corrected chi connectivity index (χ2v) is 6.09. The lowest BCUT2D eigenvalue weighted by molar-refractivity contribution is -0.0216. The molecule has 0 radical (unpaired) electrons. The fourth-order valence-corrected chi connectivity index (χ4v) is 3.00. The number of aliphatic hydroxyl groups is 1. The fourth-order valence-electron chi connectivity index (χ4n) is 3.00. The Morgan fingerprint density at radius 2 is 2.15 bits per heavy atom. The maximum Gasteiger partial charge on any atom is 0.275 e. The smallest absolute Gasteiger partial charge is 0.275 e. The van der Waals surface area contributed by atoms with Gasteiger partial charge in [-0.1, -0.05) is 6.92 Å². The van der Waals surface area contributed by atoms with Gasteiger partial charge < -0.3 is 9.67 Å². The Bertz CT molecular complexity index is 680. The van der Waals surface area contributed by atoms with Crippen molar-refractivity contribution in [1.29, 1.82) is 0 Å². The molecule has 0 aromatic carbocycles. The summed E-state index contributed by atoms with van der Waals surface area (Å²) in [4.78, 5) is 16.0. The van der Waals surface area contributed by atoms with Gasteiger partial charge in [0.25, 0.3) is 5.56 Å². The molecule has 1 N–H and O–H groups in total. The quantitative estimate of drug-likeness (QED) is 0.892. The van der Waals surface area contributed by atoms with Crippen molar-refractivity contribution in [3.05, 3.63) is 28.4 Å². The molecule has 0 spiro atoms. The van der Waals surface area contributed by atoms with Crippen LogP contribution in [0.15, 0.2) is 17.2 Å². The Hall–Kier alpha value is -1.69. The van der Waals surface area contributed by atoms with Crippen LogP contribution >= 0.6 is 0 Å². The molecular formula is C14H20N4O2. The van der Waals surface area contributed by atoms with E-state index < -0.39 is 5.60 Å². The van der Waals surface area contributed by atoms with E-state index in [4.69, 9.17) is 0 Å². The molecule has 2 aromatic heterocycles. The van der Waals surface area contributed by atoms with E-state index in [1.54, 1.807) is 0 Å². The minimum atomic E-state index is -0.710. The monoisotopic (exact) mass is 276 g/mol. The van der Waals surface area contributed by atoms with Crippen LogP contribution in [-0.2, 0) is 6.54 Å². The fraction of sp³-hybridized carbons (Fsp3) is 0.643. The molecule has 3 rings (SSSR count). The summed E-state index contributed by atoms with van der Waals surface area (Å²) in [5.74, 6) is 1.18. The van der Waals surface area contributed by atoms with Crippen LogP contribution in [0.25, 0.3) is 5.78 Å². The van der Waals surface area contributed by atoms with Crippen LogP contribution in [0, 0.1) is 12.8 Å². The molecule has 6 heteroatoms. The molecule has 0 saturated heterocycles. The van der Waals surface area contributed by atoms with E-state index in [1.165, 1.54) is 16.9 Å². The zero-order chi connectivity index (χ0) is 14.3. The topological polar surface area (TPSA) is 72.4 Å². The molecule has 2 heterocycles. The van der Waals surface area contributed by atoms with Gasteiger partial charge in [0.2, 0.25) is 5.78 Å². The highest BCUT2D eigenvalue weighted by molar-refractivity contribution is 5.29. The van der Waals surface area contributed by atoms with Crippen molar-refractivity contribution in [2.75, 3.05) is 0 Å². The summed E-state index contributed by atoms with van der Waals surface area (Å²) in [7, 11) is 0. The zero-order valence-electron chi connectivity index (χ0n) is 11.9. The SMILES string of the molecule is Cc1cc(=O)n2ncnc2n1CC1(O)CCC(C)CC1. The van der Waals surface area contributed by atoms with E-state index in [0.29, 0.717) is 18.2 Å². The van der Waals surface area contributed by atoms with E-state index >= 15 is 0 Å². The summed E-state index contributed by atoms with van der Waals surface area (Å²) in [5, 5.41) is 14.7. The van der Waals surface area contributed by atoms with Gasteiger partial charge in [-0.15, -0.1) is 0 Å². The Balaban J connectivity index is 1.99. The molecule has 0 aliphatic heterocycles. The first kappa shape index (κ1) is 13.3. The molecule has 1 aliphatic carbocycles. The lowest BCUT2D eigenvalue weighted by atomic mass is 9.79. The van der Waals surface area contributed by atoms with E-state index in [-0.39, 0.29) is 5.56 Å². The number of fused-ring (bicyclic) bond motifs is 1. The van der Waals surface area contributed by atoms with E-state index in [2.05, 4.69) is 17.0 Å². The Morgan fingerprint density at radius 1 is 1.45 bits per heavy atom.